The van der Waals surface area contributed by atoms with Gasteiger partial charge in [0.25, 0.3) is 0 Å². The lowest BCUT2D eigenvalue weighted by molar-refractivity contribution is 0.625. The van der Waals surface area contributed by atoms with Crippen LogP contribution in [0.4, 0.5) is 5.82 Å². The molecule has 0 aliphatic carbocycles. The second-order valence-electron chi connectivity index (χ2n) is 4.80. The molecule has 3 nitrogen and oxygen atoms in total. The molecule has 1 aliphatic heterocycles. The smallest absolute Gasteiger partial charge is 0.225 e. The topological polar surface area (TPSA) is 29.0 Å². The Bertz CT molecular complexity index is 554. The van der Waals surface area contributed by atoms with E-state index < -0.39 is 0 Å². The highest BCUT2D eigenvalue weighted by molar-refractivity contribution is 7.16. The van der Waals surface area contributed by atoms with Gasteiger partial charge in [-0.2, -0.15) is 4.98 Å². The molecule has 0 N–H and O–H groups in total. The molecule has 2 atom stereocenters. The Labute approximate surface area is 109 Å². The Kier molecular flexibility index (Phi) is 2.71. The summed E-state index contributed by atoms with van der Waals surface area (Å²) in [7, 11) is 0. The standard InChI is InChI=1S/C12H14ClN3S/c1-7-5-8(2)16(6-7)10-9-3-4-17-11(9)15-12(13)14-10/h3-4,7-8H,5-6H2,1-2H3. The third-order valence-electron chi connectivity index (χ3n) is 3.33. The number of rotatable bonds is 1. The largest absolute Gasteiger partial charge is 0.353 e. The summed E-state index contributed by atoms with van der Waals surface area (Å²) in [6.07, 6.45) is 1.22. The van der Waals surface area contributed by atoms with Crippen molar-refractivity contribution < 1.29 is 0 Å². The molecule has 17 heavy (non-hydrogen) atoms. The van der Waals surface area contributed by atoms with Crippen LogP contribution in [0.25, 0.3) is 10.2 Å². The van der Waals surface area contributed by atoms with Crippen molar-refractivity contribution in [2.45, 2.75) is 26.3 Å². The molecule has 0 bridgehead atoms. The van der Waals surface area contributed by atoms with E-state index in [2.05, 4.69) is 34.8 Å². The zero-order valence-electron chi connectivity index (χ0n) is 9.85. The second-order valence-corrected chi connectivity index (χ2v) is 6.03. The van der Waals surface area contributed by atoms with Crippen LogP contribution in [0, 0.1) is 5.92 Å². The molecule has 1 saturated heterocycles. The van der Waals surface area contributed by atoms with Crippen molar-refractivity contribution in [3.63, 3.8) is 0 Å². The number of hydrogen-bond acceptors (Lipinski definition) is 4. The van der Waals surface area contributed by atoms with Gasteiger partial charge in [0, 0.05) is 12.6 Å². The van der Waals surface area contributed by atoms with Crippen molar-refractivity contribution in [3.05, 3.63) is 16.7 Å². The summed E-state index contributed by atoms with van der Waals surface area (Å²) in [5, 5.41) is 3.52. The van der Waals surface area contributed by atoms with Crippen LogP contribution < -0.4 is 4.90 Å². The number of hydrogen-bond donors (Lipinski definition) is 0. The van der Waals surface area contributed by atoms with Crippen LogP contribution in [0.5, 0.6) is 0 Å². The normalized spacial score (nSPS) is 24.8. The zero-order valence-corrected chi connectivity index (χ0v) is 11.4. The van der Waals surface area contributed by atoms with E-state index in [0.717, 1.165) is 22.6 Å². The molecule has 1 aliphatic rings. The maximum atomic E-state index is 6.00. The first-order valence-corrected chi connectivity index (χ1v) is 7.08. The molecule has 3 rings (SSSR count). The maximum Gasteiger partial charge on any atom is 0.225 e. The fourth-order valence-corrected chi connectivity index (χ4v) is 3.60. The van der Waals surface area contributed by atoms with Crippen LogP contribution >= 0.6 is 22.9 Å². The van der Waals surface area contributed by atoms with Crippen LogP contribution in [0.2, 0.25) is 5.28 Å². The van der Waals surface area contributed by atoms with Gasteiger partial charge in [0.1, 0.15) is 10.6 Å². The summed E-state index contributed by atoms with van der Waals surface area (Å²) in [6, 6.07) is 2.61. The minimum atomic E-state index is 0.349. The lowest BCUT2D eigenvalue weighted by atomic mass is 10.1. The maximum absolute atomic E-state index is 6.00. The first-order valence-electron chi connectivity index (χ1n) is 5.82. The lowest BCUT2D eigenvalue weighted by Crippen LogP contribution is -2.27. The van der Waals surface area contributed by atoms with Crippen LogP contribution in [0.3, 0.4) is 0 Å². The Balaban J connectivity index is 2.13. The number of nitrogens with zero attached hydrogens (tertiary/aromatic N) is 3. The van der Waals surface area contributed by atoms with Crippen molar-refractivity contribution in [1.29, 1.82) is 0 Å². The third kappa shape index (κ3) is 1.89. The van der Waals surface area contributed by atoms with Crippen molar-refractivity contribution >= 4 is 39.0 Å². The molecular weight excluding hydrogens is 254 g/mol. The van der Waals surface area contributed by atoms with E-state index in [9.17, 15) is 0 Å². The van der Waals surface area contributed by atoms with E-state index in [1.165, 1.54) is 6.42 Å². The highest BCUT2D eigenvalue weighted by atomic mass is 35.5. The van der Waals surface area contributed by atoms with E-state index in [1.807, 2.05) is 5.38 Å². The predicted molar refractivity (Wildman–Crippen MR) is 73.0 cm³/mol. The Morgan fingerprint density at radius 3 is 2.94 bits per heavy atom. The summed E-state index contributed by atoms with van der Waals surface area (Å²) in [6.45, 7) is 5.58. The average Bonchev–Trinajstić information content (AvgIpc) is 2.83. The molecule has 0 amide bonds. The first-order chi connectivity index (χ1) is 8.15. The van der Waals surface area contributed by atoms with E-state index in [0.29, 0.717) is 17.2 Å². The van der Waals surface area contributed by atoms with E-state index in [1.54, 1.807) is 11.3 Å². The van der Waals surface area contributed by atoms with Gasteiger partial charge in [-0.1, -0.05) is 6.92 Å². The van der Waals surface area contributed by atoms with Crippen LogP contribution in [0.1, 0.15) is 20.3 Å². The molecule has 0 spiro atoms. The van der Waals surface area contributed by atoms with Crippen LogP contribution in [0.15, 0.2) is 11.4 Å². The van der Waals surface area contributed by atoms with Crippen molar-refractivity contribution in [2.75, 3.05) is 11.4 Å². The first kappa shape index (κ1) is 11.2. The molecule has 1 fully saturated rings. The van der Waals surface area contributed by atoms with Gasteiger partial charge in [0.05, 0.1) is 5.39 Å². The molecule has 3 heterocycles. The molecule has 2 unspecified atom stereocenters. The molecule has 0 aromatic carbocycles. The van der Waals surface area contributed by atoms with E-state index in [-0.39, 0.29) is 0 Å². The fraction of sp³-hybridized carbons (Fsp3) is 0.500. The van der Waals surface area contributed by atoms with E-state index in [4.69, 9.17) is 11.6 Å². The summed E-state index contributed by atoms with van der Waals surface area (Å²) >= 11 is 7.62. The summed E-state index contributed by atoms with van der Waals surface area (Å²) in [5.41, 5.74) is 0. The molecule has 0 radical (unpaired) electrons. The zero-order chi connectivity index (χ0) is 12.0. The predicted octanol–water partition coefficient (Wildman–Crippen LogP) is 3.58. The molecule has 2 aromatic heterocycles. The minimum Gasteiger partial charge on any atom is -0.353 e. The number of aromatic nitrogens is 2. The number of thiophene rings is 1. The van der Waals surface area contributed by atoms with Gasteiger partial charge in [-0.3, -0.25) is 0 Å². The van der Waals surface area contributed by atoms with E-state index >= 15 is 0 Å². The third-order valence-corrected chi connectivity index (χ3v) is 4.31. The lowest BCUT2D eigenvalue weighted by Gasteiger charge is -2.23. The van der Waals surface area contributed by atoms with Gasteiger partial charge in [0.15, 0.2) is 0 Å². The molecular formula is C12H14ClN3S. The molecule has 5 heteroatoms. The second kappa shape index (κ2) is 4.10. The molecule has 2 aromatic rings. The molecule has 0 saturated carbocycles. The Morgan fingerprint density at radius 2 is 2.24 bits per heavy atom. The summed E-state index contributed by atoms with van der Waals surface area (Å²) in [5.74, 6) is 1.71. The van der Waals surface area contributed by atoms with Gasteiger partial charge in [-0.05, 0) is 42.3 Å². The average molecular weight is 268 g/mol. The monoisotopic (exact) mass is 267 g/mol. The van der Waals surface area contributed by atoms with Crippen molar-refractivity contribution in [2.24, 2.45) is 5.92 Å². The Morgan fingerprint density at radius 1 is 1.41 bits per heavy atom. The van der Waals surface area contributed by atoms with Gasteiger partial charge < -0.3 is 4.90 Å². The van der Waals surface area contributed by atoms with Crippen molar-refractivity contribution in [1.82, 2.24) is 9.97 Å². The minimum absolute atomic E-state index is 0.349. The Hall–Kier alpha value is -0.870. The van der Waals surface area contributed by atoms with Crippen LogP contribution in [-0.4, -0.2) is 22.6 Å². The van der Waals surface area contributed by atoms with Crippen LogP contribution in [-0.2, 0) is 0 Å². The fourth-order valence-electron chi connectivity index (χ4n) is 2.63. The summed E-state index contributed by atoms with van der Waals surface area (Å²) in [4.78, 5) is 12.0. The van der Waals surface area contributed by atoms with Gasteiger partial charge in [-0.15, -0.1) is 11.3 Å². The van der Waals surface area contributed by atoms with Gasteiger partial charge in [0.2, 0.25) is 5.28 Å². The SMILES string of the molecule is CC1CC(C)N(c2nc(Cl)nc3sccc23)C1. The highest BCUT2D eigenvalue weighted by Crippen LogP contribution is 2.34. The van der Waals surface area contributed by atoms with Gasteiger partial charge in [-0.25, -0.2) is 4.98 Å². The number of halogens is 1. The van der Waals surface area contributed by atoms with Crippen molar-refractivity contribution in [3.8, 4) is 0 Å². The highest BCUT2D eigenvalue weighted by Gasteiger charge is 2.28. The summed E-state index contributed by atoms with van der Waals surface area (Å²) < 4.78 is 0. The number of fused-ring (bicyclic) bond motifs is 1. The van der Waals surface area contributed by atoms with Gasteiger partial charge >= 0.3 is 0 Å². The quantitative estimate of drug-likeness (QED) is 0.740. The number of anilines is 1. The molecule has 90 valence electrons.